The number of fused-ring (bicyclic) bond motifs is 1. The third-order valence-corrected chi connectivity index (χ3v) is 5.76. The molecular weight excluding hydrogens is 322 g/mol. The number of rotatable bonds is 6. The van der Waals surface area contributed by atoms with Gasteiger partial charge < -0.3 is 15.0 Å². The highest BCUT2D eigenvalue weighted by Crippen LogP contribution is 2.27. The summed E-state index contributed by atoms with van der Waals surface area (Å²) >= 11 is 0. The lowest BCUT2D eigenvalue weighted by Gasteiger charge is -2.34. The fourth-order valence-electron chi connectivity index (χ4n) is 4.31. The van der Waals surface area contributed by atoms with E-state index in [9.17, 15) is 0 Å². The van der Waals surface area contributed by atoms with Gasteiger partial charge in [-0.25, -0.2) is 0 Å². The molecule has 0 bridgehead atoms. The highest BCUT2D eigenvalue weighted by Gasteiger charge is 2.24. The fourth-order valence-corrected chi connectivity index (χ4v) is 4.31. The molecule has 1 N–H and O–H groups in total. The number of nitrogens with zero attached hydrogens (tertiary/aromatic N) is 2. The second-order valence-electron chi connectivity index (χ2n) is 7.88. The third-order valence-electron chi connectivity index (χ3n) is 5.76. The molecule has 0 amide bonds. The minimum atomic E-state index is 0.561. The first kappa shape index (κ1) is 17.7. The van der Waals surface area contributed by atoms with Gasteiger partial charge in [0.25, 0.3) is 0 Å². The summed E-state index contributed by atoms with van der Waals surface area (Å²) in [7, 11) is 0. The topological polar surface area (TPSA) is 37.4 Å². The van der Waals surface area contributed by atoms with Crippen molar-refractivity contribution in [1.82, 2.24) is 9.88 Å². The van der Waals surface area contributed by atoms with E-state index in [0.29, 0.717) is 6.04 Å². The molecule has 0 radical (unpaired) electrons. The van der Waals surface area contributed by atoms with Crippen molar-refractivity contribution in [3.8, 4) is 0 Å². The summed E-state index contributed by atoms with van der Waals surface area (Å²) in [5, 5.41) is 5.09. The van der Waals surface area contributed by atoms with Gasteiger partial charge in [0, 0.05) is 49.1 Å². The van der Waals surface area contributed by atoms with Crippen LogP contribution in [0.5, 0.6) is 0 Å². The summed E-state index contributed by atoms with van der Waals surface area (Å²) in [6, 6.07) is 11.3. The van der Waals surface area contributed by atoms with Crippen LogP contribution >= 0.6 is 0 Å². The van der Waals surface area contributed by atoms with E-state index in [-0.39, 0.29) is 0 Å². The highest BCUT2D eigenvalue weighted by atomic mass is 16.5. The Kier molecular flexibility index (Phi) is 5.71. The molecule has 0 spiro atoms. The van der Waals surface area contributed by atoms with Crippen LogP contribution in [-0.2, 0) is 11.2 Å². The summed E-state index contributed by atoms with van der Waals surface area (Å²) in [5.74, 6) is 0.750. The van der Waals surface area contributed by atoms with Crippen LogP contribution in [0.15, 0.2) is 30.3 Å². The van der Waals surface area contributed by atoms with Crippen LogP contribution in [0.2, 0.25) is 0 Å². The minimum absolute atomic E-state index is 0.561. The van der Waals surface area contributed by atoms with Crippen molar-refractivity contribution >= 4 is 16.6 Å². The summed E-state index contributed by atoms with van der Waals surface area (Å²) < 4.78 is 5.53. The van der Waals surface area contributed by atoms with E-state index in [4.69, 9.17) is 9.72 Å². The summed E-state index contributed by atoms with van der Waals surface area (Å²) in [6.45, 7) is 7.73. The fraction of sp³-hybridized carbons (Fsp3) is 0.591. The van der Waals surface area contributed by atoms with Gasteiger partial charge in [0.05, 0.1) is 12.1 Å². The first-order valence-electron chi connectivity index (χ1n) is 10.3. The van der Waals surface area contributed by atoms with Crippen LogP contribution in [0.3, 0.4) is 0 Å². The zero-order valence-electron chi connectivity index (χ0n) is 15.9. The zero-order valence-corrected chi connectivity index (χ0v) is 15.9. The Morgan fingerprint density at radius 2 is 2.04 bits per heavy atom. The maximum atomic E-state index is 5.53. The van der Waals surface area contributed by atoms with Crippen molar-refractivity contribution in [2.45, 2.75) is 45.1 Å². The van der Waals surface area contributed by atoms with Gasteiger partial charge >= 0.3 is 0 Å². The summed E-state index contributed by atoms with van der Waals surface area (Å²) in [5.41, 5.74) is 3.58. The number of ether oxygens (including phenoxy) is 1. The van der Waals surface area contributed by atoms with E-state index in [1.807, 2.05) is 0 Å². The molecule has 4 rings (SSSR count). The number of hydrogen-bond acceptors (Lipinski definition) is 4. The first-order chi connectivity index (χ1) is 12.8. The Labute approximate surface area is 156 Å². The maximum Gasteiger partial charge on any atom is 0.0726 e. The zero-order chi connectivity index (χ0) is 17.8. The second-order valence-corrected chi connectivity index (χ2v) is 7.88. The molecule has 3 heterocycles. The predicted molar refractivity (Wildman–Crippen MR) is 108 cm³/mol. The molecule has 1 unspecified atom stereocenters. The number of pyridine rings is 1. The van der Waals surface area contributed by atoms with Crippen LogP contribution in [0.4, 0.5) is 5.69 Å². The lowest BCUT2D eigenvalue weighted by Crippen LogP contribution is -2.41. The summed E-state index contributed by atoms with van der Waals surface area (Å²) in [6.07, 6.45) is 5.84. The molecular formula is C22H31N3O. The quantitative estimate of drug-likeness (QED) is 0.848. The second kappa shape index (κ2) is 8.36. The van der Waals surface area contributed by atoms with Crippen LogP contribution < -0.4 is 5.32 Å². The average molecular weight is 354 g/mol. The lowest BCUT2D eigenvalue weighted by molar-refractivity contribution is 0.154. The Balaban J connectivity index is 1.41. The number of aryl methyl sites for hydroxylation is 1. The number of likely N-dealkylation sites (tertiary alicyclic amines) is 1. The highest BCUT2D eigenvalue weighted by molar-refractivity contribution is 5.91. The molecule has 26 heavy (non-hydrogen) atoms. The molecule has 2 aromatic rings. The number of hydrogen-bond donors (Lipinski definition) is 1. The smallest absolute Gasteiger partial charge is 0.0726 e. The van der Waals surface area contributed by atoms with E-state index in [2.05, 4.69) is 47.5 Å². The molecule has 2 saturated heterocycles. The molecule has 1 aromatic carbocycles. The van der Waals surface area contributed by atoms with Gasteiger partial charge in [0.1, 0.15) is 0 Å². The van der Waals surface area contributed by atoms with Gasteiger partial charge in [0.15, 0.2) is 0 Å². The molecule has 2 aliphatic rings. The van der Waals surface area contributed by atoms with Gasteiger partial charge in [-0.15, -0.1) is 0 Å². The SMILES string of the molecule is CCCc1cc(NC2CCN(CC3CCOC3)CC2)c2ccccc2n1. The van der Waals surface area contributed by atoms with Gasteiger partial charge in [-0.3, -0.25) is 4.98 Å². The monoisotopic (exact) mass is 353 g/mol. The Morgan fingerprint density at radius 1 is 1.19 bits per heavy atom. The largest absolute Gasteiger partial charge is 0.382 e. The van der Waals surface area contributed by atoms with E-state index in [0.717, 1.165) is 37.5 Å². The van der Waals surface area contributed by atoms with E-state index in [1.54, 1.807) is 0 Å². The maximum absolute atomic E-state index is 5.53. The van der Waals surface area contributed by atoms with Gasteiger partial charge in [-0.2, -0.15) is 0 Å². The number of anilines is 1. The predicted octanol–water partition coefficient (Wildman–Crippen LogP) is 4.10. The molecule has 0 aliphatic carbocycles. The van der Waals surface area contributed by atoms with Crippen molar-refractivity contribution in [1.29, 1.82) is 0 Å². The number of nitrogens with one attached hydrogen (secondary N) is 1. The lowest BCUT2D eigenvalue weighted by atomic mass is 10.0. The molecule has 1 aromatic heterocycles. The van der Waals surface area contributed by atoms with Crippen LogP contribution in [0.25, 0.3) is 10.9 Å². The molecule has 140 valence electrons. The number of aromatic nitrogens is 1. The normalized spacial score (nSPS) is 22.1. The number of piperidine rings is 1. The Bertz CT molecular complexity index is 718. The van der Waals surface area contributed by atoms with Crippen molar-refractivity contribution in [2.75, 3.05) is 38.2 Å². The van der Waals surface area contributed by atoms with Crippen LogP contribution in [-0.4, -0.2) is 48.8 Å². The van der Waals surface area contributed by atoms with Gasteiger partial charge in [0.2, 0.25) is 0 Å². The average Bonchev–Trinajstić information content (AvgIpc) is 3.17. The van der Waals surface area contributed by atoms with Gasteiger partial charge in [-0.05, 0) is 43.7 Å². The van der Waals surface area contributed by atoms with E-state index >= 15 is 0 Å². The van der Waals surface area contributed by atoms with E-state index in [1.165, 1.54) is 55.7 Å². The van der Waals surface area contributed by atoms with E-state index < -0.39 is 0 Å². The molecule has 2 fully saturated rings. The third kappa shape index (κ3) is 4.18. The first-order valence-corrected chi connectivity index (χ1v) is 10.3. The molecule has 0 saturated carbocycles. The Morgan fingerprint density at radius 3 is 2.81 bits per heavy atom. The standard InChI is InChI=1S/C22H31N3O/c1-2-5-19-14-22(20-6-3-4-7-21(20)24-19)23-18-8-11-25(12-9-18)15-17-10-13-26-16-17/h3-4,6-7,14,17-18H,2,5,8-13,15-16H2,1H3,(H,23,24). The van der Waals surface area contributed by atoms with Crippen molar-refractivity contribution in [3.05, 3.63) is 36.0 Å². The molecule has 4 heteroatoms. The Hall–Kier alpha value is -1.65. The van der Waals surface area contributed by atoms with Gasteiger partial charge in [-0.1, -0.05) is 31.5 Å². The minimum Gasteiger partial charge on any atom is -0.382 e. The summed E-state index contributed by atoms with van der Waals surface area (Å²) in [4.78, 5) is 7.46. The van der Waals surface area contributed by atoms with Crippen molar-refractivity contribution in [2.24, 2.45) is 5.92 Å². The van der Waals surface area contributed by atoms with Crippen LogP contribution in [0, 0.1) is 5.92 Å². The molecule has 1 atom stereocenters. The molecule has 2 aliphatic heterocycles. The van der Waals surface area contributed by atoms with Crippen molar-refractivity contribution in [3.63, 3.8) is 0 Å². The van der Waals surface area contributed by atoms with Crippen LogP contribution in [0.1, 0.15) is 38.3 Å². The van der Waals surface area contributed by atoms with Crippen molar-refractivity contribution < 1.29 is 4.74 Å². The molecule has 4 nitrogen and oxygen atoms in total. The number of para-hydroxylation sites is 1. The number of benzene rings is 1.